The van der Waals surface area contributed by atoms with Crippen LogP contribution in [0.5, 0.6) is 11.5 Å². The van der Waals surface area contributed by atoms with Gasteiger partial charge in [-0.05, 0) is 77.5 Å². The van der Waals surface area contributed by atoms with E-state index in [1.165, 1.54) is 0 Å². The van der Waals surface area contributed by atoms with Gasteiger partial charge in [0.05, 0.1) is 25.6 Å². The van der Waals surface area contributed by atoms with Crippen molar-refractivity contribution in [3.8, 4) is 11.5 Å². The van der Waals surface area contributed by atoms with Crippen LogP contribution in [0.2, 0.25) is 0 Å². The number of nitrogens with one attached hydrogen (secondary N) is 2. The Labute approximate surface area is 225 Å². The van der Waals surface area contributed by atoms with Crippen molar-refractivity contribution in [2.75, 3.05) is 25.3 Å². The Bertz CT molecular complexity index is 1480. The van der Waals surface area contributed by atoms with Crippen molar-refractivity contribution in [3.05, 3.63) is 105 Å². The molecule has 1 aromatic heterocycles. The lowest BCUT2D eigenvalue weighted by Crippen LogP contribution is -2.24. The van der Waals surface area contributed by atoms with Gasteiger partial charge >= 0.3 is 0 Å². The van der Waals surface area contributed by atoms with Crippen molar-refractivity contribution in [2.45, 2.75) is 13.5 Å². The van der Waals surface area contributed by atoms with Gasteiger partial charge in [-0.15, -0.1) is 11.3 Å². The summed E-state index contributed by atoms with van der Waals surface area (Å²) >= 11 is 1.57. The first-order chi connectivity index (χ1) is 18.4. The summed E-state index contributed by atoms with van der Waals surface area (Å²) in [5.74, 6) is 0.632. The summed E-state index contributed by atoms with van der Waals surface area (Å²) in [4.78, 5) is 26.9. The Morgan fingerprint density at radius 3 is 2.29 bits per heavy atom. The summed E-state index contributed by atoms with van der Waals surface area (Å²) in [6.45, 7) is 2.31. The molecule has 0 aliphatic rings. The van der Waals surface area contributed by atoms with Crippen LogP contribution in [-0.4, -0.2) is 26.0 Å². The normalized spacial score (nSPS) is 11.1. The van der Waals surface area contributed by atoms with Crippen molar-refractivity contribution < 1.29 is 19.1 Å². The molecule has 0 spiro atoms. The van der Waals surface area contributed by atoms with E-state index in [-0.39, 0.29) is 11.8 Å². The summed E-state index contributed by atoms with van der Waals surface area (Å²) < 4.78 is 10.8. The van der Waals surface area contributed by atoms with Crippen molar-refractivity contribution in [3.63, 3.8) is 0 Å². The van der Waals surface area contributed by atoms with Crippen LogP contribution < -0.4 is 25.8 Å². The van der Waals surface area contributed by atoms with Gasteiger partial charge < -0.3 is 25.8 Å². The van der Waals surface area contributed by atoms with E-state index in [0.29, 0.717) is 46.1 Å². The third-order valence-electron chi connectivity index (χ3n) is 5.85. The Morgan fingerprint density at radius 2 is 1.63 bits per heavy atom. The molecule has 2 amide bonds. The second kappa shape index (κ2) is 12.1. The number of hydrogen-bond acceptors (Lipinski definition) is 6. The highest BCUT2D eigenvalue weighted by atomic mass is 32.1. The second-order valence-electron chi connectivity index (χ2n) is 8.58. The smallest absolute Gasteiger partial charge is 0.255 e. The molecule has 0 fully saturated rings. The second-order valence-corrected chi connectivity index (χ2v) is 9.52. The highest BCUT2D eigenvalue weighted by molar-refractivity contribution is 7.11. The number of hydrogen-bond donors (Lipinski definition) is 3. The lowest BCUT2D eigenvalue weighted by Gasteiger charge is -2.13. The minimum Gasteiger partial charge on any atom is -0.493 e. The van der Waals surface area contributed by atoms with Crippen LogP contribution in [0.15, 0.2) is 78.2 Å². The minimum absolute atomic E-state index is 0.232. The molecule has 4 rings (SSSR count). The Kier molecular flexibility index (Phi) is 8.45. The molecule has 0 radical (unpaired) electrons. The molecule has 0 unspecified atom stereocenters. The molecule has 8 heteroatoms. The van der Waals surface area contributed by atoms with Gasteiger partial charge in [-0.1, -0.05) is 30.3 Å². The van der Waals surface area contributed by atoms with Crippen LogP contribution in [0.1, 0.15) is 31.9 Å². The van der Waals surface area contributed by atoms with Gasteiger partial charge in [0.25, 0.3) is 11.8 Å². The molecule has 0 saturated carbocycles. The van der Waals surface area contributed by atoms with E-state index in [2.05, 4.69) is 10.6 Å². The number of aryl methyl sites for hydroxylation is 1. The first-order valence-electron chi connectivity index (χ1n) is 11.9. The van der Waals surface area contributed by atoms with Crippen molar-refractivity contribution in [1.82, 2.24) is 5.32 Å². The first kappa shape index (κ1) is 26.5. The fourth-order valence-electron chi connectivity index (χ4n) is 3.81. The monoisotopic (exact) mass is 527 g/mol. The topological polar surface area (TPSA) is 103 Å². The predicted octanol–water partition coefficient (Wildman–Crippen LogP) is 5.77. The average molecular weight is 528 g/mol. The molecule has 4 N–H and O–H groups in total. The van der Waals surface area contributed by atoms with Gasteiger partial charge in [-0.3, -0.25) is 9.59 Å². The number of thiophene rings is 1. The molecule has 0 aliphatic carbocycles. The quantitative estimate of drug-likeness (QED) is 0.190. The van der Waals surface area contributed by atoms with Gasteiger partial charge in [0, 0.05) is 22.6 Å². The van der Waals surface area contributed by atoms with E-state index in [1.807, 2.05) is 48.7 Å². The highest BCUT2D eigenvalue weighted by Gasteiger charge is 2.16. The van der Waals surface area contributed by atoms with Gasteiger partial charge in [-0.25, -0.2) is 0 Å². The number of anilines is 2. The van der Waals surface area contributed by atoms with E-state index in [4.69, 9.17) is 15.2 Å². The molecule has 3 aromatic carbocycles. The summed E-state index contributed by atoms with van der Waals surface area (Å²) in [5.41, 5.74) is 10.7. The number of carbonyl (C=O) groups is 2. The molecule has 0 aliphatic heterocycles. The number of ether oxygens (including phenoxy) is 2. The van der Waals surface area contributed by atoms with Crippen molar-refractivity contribution >= 4 is 46.2 Å². The predicted molar refractivity (Wildman–Crippen MR) is 154 cm³/mol. The lowest BCUT2D eigenvalue weighted by atomic mass is 10.0. The number of methoxy groups -OCH3 is 2. The Hall–Kier alpha value is -4.56. The maximum Gasteiger partial charge on any atom is 0.255 e. The van der Waals surface area contributed by atoms with Crippen LogP contribution in [-0.2, 0) is 11.3 Å². The number of para-hydroxylation sites is 2. The van der Waals surface area contributed by atoms with Crippen LogP contribution in [0, 0.1) is 6.92 Å². The molecule has 0 bridgehead atoms. The van der Waals surface area contributed by atoms with Gasteiger partial charge in [0.2, 0.25) is 0 Å². The average Bonchev–Trinajstić information content (AvgIpc) is 3.36. The molecule has 4 aromatic rings. The zero-order valence-corrected chi connectivity index (χ0v) is 22.2. The summed E-state index contributed by atoms with van der Waals surface area (Å²) in [6, 6.07) is 21.6. The van der Waals surface area contributed by atoms with E-state index in [9.17, 15) is 9.59 Å². The van der Waals surface area contributed by atoms with Crippen LogP contribution in [0.4, 0.5) is 11.4 Å². The third kappa shape index (κ3) is 6.41. The summed E-state index contributed by atoms with van der Waals surface area (Å²) in [6.07, 6.45) is 1.87. The van der Waals surface area contributed by atoms with Gasteiger partial charge in [0.15, 0.2) is 11.5 Å². The third-order valence-corrected chi connectivity index (χ3v) is 6.85. The van der Waals surface area contributed by atoms with E-state index in [1.54, 1.807) is 68.0 Å². The van der Waals surface area contributed by atoms with Crippen molar-refractivity contribution in [1.29, 1.82) is 0 Å². The molecule has 7 nitrogen and oxygen atoms in total. The van der Waals surface area contributed by atoms with Crippen molar-refractivity contribution in [2.24, 2.45) is 0 Å². The van der Waals surface area contributed by atoms with E-state index < -0.39 is 0 Å². The SMILES string of the molecule is COc1ccc(C(=Cc2cc(C)cs2)C(=O)NCc2ccc(C(=O)Nc3ccccc3N)cc2)cc1OC. The van der Waals surface area contributed by atoms with E-state index >= 15 is 0 Å². The van der Waals surface area contributed by atoms with Crippen LogP contribution >= 0.6 is 11.3 Å². The van der Waals surface area contributed by atoms with Crippen LogP contribution in [0.3, 0.4) is 0 Å². The fraction of sp³-hybridized carbons (Fsp3) is 0.133. The fourth-order valence-corrected chi connectivity index (χ4v) is 4.64. The largest absolute Gasteiger partial charge is 0.493 e. The molecule has 0 atom stereocenters. The maximum atomic E-state index is 13.4. The highest BCUT2D eigenvalue weighted by Crippen LogP contribution is 2.32. The Balaban J connectivity index is 1.49. The number of nitrogen functional groups attached to an aromatic ring is 1. The molecular formula is C30H29N3O4S. The van der Waals surface area contributed by atoms with Gasteiger partial charge in [0.1, 0.15) is 0 Å². The number of benzene rings is 3. The lowest BCUT2D eigenvalue weighted by molar-refractivity contribution is -0.115. The standard InChI is InChI=1S/C30H29N3O4S/c1-19-14-23(38-18-19)16-24(22-12-13-27(36-2)28(15-22)37-3)30(35)32-17-20-8-10-21(11-9-20)29(34)33-26-7-5-4-6-25(26)31/h4-16,18H,17,31H2,1-3H3,(H,32,35)(H,33,34). The summed E-state index contributed by atoms with van der Waals surface area (Å²) in [5, 5.41) is 7.85. The molecule has 0 saturated heterocycles. The van der Waals surface area contributed by atoms with Gasteiger partial charge in [-0.2, -0.15) is 0 Å². The molecular weight excluding hydrogens is 498 g/mol. The first-order valence-corrected chi connectivity index (χ1v) is 12.8. The molecule has 38 heavy (non-hydrogen) atoms. The van der Waals surface area contributed by atoms with E-state index in [0.717, 1.165) is 16.0 Å². The van der Waals surface area contributed by atoms with Crippen LogP contribution in [0.25, 0.3) is 11.6 Å². The zero-order chi connectivity index (χ0) is 27.1. The molecule has 194 valence electrons. The maximum absolute atomic E-state index is 13.4. The number of carbonyl (C=O) groups excluding carboxylic acids is 2. The number of rotatable bonds is 9. The number of amides is 2. The number of nitrogens with two attached hydrogens (primary N) is 1. The zero-order valence-electron chi connectivity index (χ0n) is 21.4. The Morgan fingerprint density at radius 1 is 0.921 bits per heavy atom. The molecule has 1 heterocycles. The minimum atomic E-state index is -0.261. The summed E-state index contributed by atoms with van der Waals surface area (Å²) in [7, 11) is 3.13.